The van der Waals surface area contributed by atoms with Crippen molar-refractivity contribution in [3.63, 3.8) is 0 Å². The fourth-order valence-corrected chi connectivity index (χ4v) is 2.52. The summed E-state index contributed by atoms with van der Waals surface area (Å²) in [5, 5.41) is 0. The third-order valence-electron chi connectivity index (χ3n) is 1.28. The van der Waals surface area contributed by atoms with Gasteiger partial charge in [0.25, 0.3) is 0 Å². The number of hydrogen-bond donors (Lipinski definition) is 0. The van der Waals surface area contributed by atoms with Gasteiger partial charge in [-0.1, -0.05) is 0 Å². The molecule has 0 saturated heterocycles. The second-order valence-corrected chi connectivity index (χ2v) is 12.9. The molecule has 0 radical (unpaired) electrons. The molecule has 0 heterocycles. The van der Waals surface area contributed by atoms with Crippen molar-refractivity contribution in [2.24, 2.45) is 0 Å². The molecule has 54 valence electrons. The maximum absolute atomic E-state index is 3.33. The second kappa shape index (κ2) is 4.55. The molecule has 0 amide bonds. The van der Waals surface area contributed by atoms with Crippen LogP contribution < -0.4 is 0 Å². The van der Waals surface area contributed by atoms with E-state index in [0.29, 0.717) is 0 Å². The van der Waals surface area contributed by atoms with E-state index in [2.05, 4.69) is 30.5 Å². The molecule has 0 aromatic heterocycles. The van der Waals surface area contributed by atoms with Crippen LogP contribution in [0.5, 0.6) is 0 Å². The summed E-state index contributed by atoms with van der Waals surface area (Å²) < 4.78 is 7.96. The Labute approximate surface area is 76.8 Å². The van der Waals surface area contributed by atoms with Gasteiger partial charge in [-0.15, -0.1) is 0 Å². The van der Waals surface area contributed by atoms with E-state index in [1.165, 1.54) is 0 Å². The van der Waals surface area contributed by atoms with Gasteiger partial charge in [-0.25, -0.2) is 0 Å². The summed E-state index contributed by atoms with van der Waals surface area (Å²) in [4.78, 5) is 0. The summed E-state index contributed by atoms with van der Waals surface area (Å²) in [5.74, 6) is 3.19. The van der Waals surface area contributed by atoms with E-state index in [-0.39, 0.29) is 0 Å². The number of benzene rings is 1. The third kappa shape index (κ3) is 3.57. The van der Waals surface area contributed by atoms with Crippen molar-refractivity contribution >= 4 is 22.7 Å². The standard InChI is InChI=1S/C8H5.2CH3.Tl/c1-2-8-6-4-3-5-7-8;;;/h3-7H;2*1H3;. The summed E-state index contributed by atoms with van der Waals surface area (Å²) in [6, 6.07) is 10.2. The Balaban J connectivity index is 2.75. The molecule has 1 aromatic carbocycles. The average Bonchev–Trinajstić information content (AvgIpc) is 2.03. The Bertz CT molecular complexity index is 264. The summed E-state index contributed by atoms with van der Waals surface area (Å²) in [6.45, 7) is 0. The summed E-state index contributed by atoms with van der Waals surface area (Å²) in [5.41, 5.74) is 1.15. The normalized spacial score (nSPS) is 8.18. The van der Waals surface area contributed by atoms with Gasteiger partial charge >= 0.3 is 77.0 Å². The number of rotatable bonds is 0. The molecule has 11 heavy (non-hydrogen) atoms. The zero-order valence-corrected chi connectivity index (χ0v) is 11.5. The van der Waals surface area contributed by atoms with E-state index in [4.69, 9.17) is 0 Å². The van der Waals surface area contributed by atoms with Gasteiger partial charge in [0.05, 0.1) is 0 Å². The van der Waals surface area contributed by atoms with Gasteiger partial charge in [-0.3, -0.25) is 0 Å². The Kier molecular flexibility index (Phi) is 3.64. The van der Waals surface area contributed by atoms with Crippen LogP contribution in [-0.2, 0) is 0 Å². The van der Waals surface area contributed by atoms with Crippen LogP contribution in [0.4, 0.5) is 0 Å². The topological polar surface area (TPSA) is 0 Å². The third-order valence-corrected chi connectivity index (χ3v) is 4.08. The van der Waals surface area contributed by atoms with Crippen LogP contribution in [0.25, 0.3) is 0 Å². The molecule has 0 aliphatic carbocycles. The molecule has 0 bridgehead atoms. The fourth-order valence-electron chi connectivity index (χ4n) is 0.749. The molecule has 1 rings (SSSR count). The van der Waals surface area contributed by atoms with Crippen LogP contribution in [0.2, 0.25) is 8.97 Å². The van der Waals surface area contributed by atoms with Crippen LogP contribution in [0.15, 0.2) is 30.3 Å². The van der Waals surface area contributed by atoms with Crippen molar-refractivity contribution in [1.29, 1.82) is 0 Å². The molecule has 1 aromatic rings. The van der Waals surface area contributed by atoms with Gasteiger partial charge in [-0.2, -0.15) is 0 Å². The van der Waals surface area contributed by atoms with Crippen molar-refractivity contribution < 1.29 is 0 Å². The van der Waals surface area contributed by atoms with Crippen LogP contribution in [0.3, 0.4) is 0 Å². The molecule has 0 unspecified atom stereocenters. The first-order valence-corrected chi connectivity index (χ1v) is 15.1. The minimum atomic E-state index is -1.39. The molecule has 1 heteroatoms. The summed E-state index contributed by atoms with van der Waals surface area (Å²) >= 11 is -1.39. The maximum atomic E-state index is 3.33. The van der Waals surface area contributed by atoms with Gasteiger partial charge in [0.2, 0.25) is 0 Å². The molecule has 0 aliphatic heterocycles. The van der Waals surface area contributed by atoms with Gasteiger partial charge in [0, 0.05) is 0 Å². The van der Waals surface area contributed by atoms with E-state index >= 15 is 0 Å². The molecule has 0 N–H and O–H groups in total. The first-order valence-electron chi connectivity index (χ1n) is 3.85. The van der Waals surface area contributed by atoms with Crippen LogP contribution in [0, 0.1) is 9.40 Å². The zero-order chi connectivity index (χ0) is 8.10. The van der Waals surface area contributed by atoms with Crippen molar-refractivity contribution in [3.05, 3.63) is 35.9 Å². The van der Waals surface area contributed by atoms with Crippen LogP contribution in [0.1, 0.15) is 5.56 Å². The Morgan fingerprint density at radius 1 is 1.09 bits per heavy atom. The molecule has 0 nitrogen and oxygen atoms in total. The second-order valence-electron chi connectivity index (χ2n) is 2.79. The fraction of sp³-hybridized carbons (Fsp3) is 0.200. The van der Waals surface area contributed by atoms with Crippen LogP contribution >= 0.6 is 0 Å². The monoisotopic (exact) mass is 336 g/mol. The Hall–Kier alpha value is -0.298. The minimum absolute atomic E-state index is 1.15. The van der Waals surface area contributed by atoms with E-state index in [1.54, 1.807) is 0 Å². The summed E-state index contributed by atoms with van der Waals surface area (Å²) in [6.07, 6.45) is 0. The van der Waals surface area contributed by atoms with Crippen LogP contribution in [-0.4, -0.2) is 22.7 Å². The van der Waals surface area contributed by atoms with Crippen molar-refractivity contribution in [2.45, 2.75) is 8.97 Å². The quantitative estimate of drug-likeness (QED) is 0.504. The Morgan fingerprint density at radius 3 is 2.27 bits per heavy atom. The SMILES string of the molecule is [CH3][Tl]([CH3])[C]#Cc1ccccc1. The van der Waals surface area contributed by atoms with Crippen molar-refractivity contribution in [3.8, 4) is 9.40 Å². The molecule has 0 atom stereocenters. The average molecular weight is 336 g/mol. The molecule has 0 saturated carbocycles. The zero-order valence-electron chi connectivity index (χ0n) is 6.96. The van der Waals surface area contributed by atoms with Gasteiger partial charge in [0.15, 0.2) is 0 Å². The van der Waals surface area contributed by atoms with Gasteiger partial charge < -0.3 is 0 Å². The molecular weight excluding hydrogens is 324 g/mol. The van der Waals surface area contributed by atoms with E-state index in [1.807, 2.05) is 18.2 Å². The van der Waals surface area contributed by atoms with E-state index in [9.17, 15) is 0 Å². The first kappa shape index (κ1) is 8.80. The van der Waals surface area contributed by atoms with Gasteiger partial charge in [-0.05, 0) is 0 Å². The molecule has 0 fully saturated rings. The molecular formula is C10H11Tl. The van der Waals surface area contributed by atoms with E-state index in [0.717, 1.165) is 5.56 Å². The number of hydrogen-bond acceptors (Lipinski definition) is 0. The molecule has 0 spiro atoms. The van der Waals surface area contributed by atoms with Gasteiger partial charge in [0.1, 0.15) is 0 Å². The van der Waals surface area contributed by atoms with Crippen molar-refractivity contribution in [1.82, 2.24) is 0 Å². The predicted octanol–water partition coefficient (Wildman–Crippen LogP) is 2.33. The molecule has 0 aliphatic rings. The predicted molar refractivity (Wildman–Crippen MR) is 50.8 cm³/mol. The van der Waals surface area contributed by atoms with Crippen molar-refractivity contribution in [2.75, 3.05) is 0 Å². The first-order chi connectivity index (χ1) is 5.29. The Morgan fingerprint density at radius 2 is 1.73 bits per heavy atom. The summed E-state index contributed by atoms with van der Waals surface area (Å²) in [7, 11) is 0. The van der Waals surface area contributed by atoms with E-state index < -0.39 is 22.7 Å².